The van der Waals surface area contributed by atoms with Crippen LogP contribution >= 0.6 is 0 Å². The summed E-state index contributed by atoms with van der Waals surface area (Å²) in [5, 5.41) is 8.61. The van der Waals surface area contributed by atoms with Crippen molar-refractivity contribution in [1.82, 2.24) is 0 Å². The van der Waals surface area contributed by atoms with E-state index in [-0.39, 0.29) is 6.61 Å². The van der Waals surface area contributed by atoms with Crippen LogP contribution in [-0.2, 0) is 0 Å². The molecule has 0 aliphatic heterocycles. The number of aliphatic hydroxyl groups excluding tert-OH is 1. The predicted molar refractivity (Wildman–Crippen MR) is 59.5 cm³/mol. The molecule has 0 fully saturated rings. The van der Waals surface area contributed by atoms with E-state index in [2.05, 4.69) is 4.99 Å². The smallest absolute Gasteiger partial charge is 0.0964 e. The van der Waals surface area contributed by atoms with Gasteiger partial charge in [-0.3, -0.25) is 0 Å². The average molecular weight is 190 g/mol. The molecule has 0 atom stereocenters. The minimum atomic E-state index is 0.0451. The van der Waals surface area contributed by atoms with Crippen molar-refractivity contribution in [2.45, 2.75) is 6.92 Å². The summed E-state index contributed by atoms with van der Waals surface area (Å²) in [6, 6.07) is 7.63. The summed E-state index contributed by atoms with van der Waals surface area (Å²) in [4.78, 5) is 4.13. The molecule has 3 heteroatoms. The maximum atomic E-state index is 8.61. The third-order valence-corrected chi connectivity index (χ3v) is 1.59. The highest BCUT2D eigenvalue weighted by Crippen LogP contribution is 2.14. The van der Waals surface area contributed by atoms with Gasteiger partial charge >= 0.3 is 0 Å². The van der Waals surface area contributed by atoms with Crippen molar-refractivity contribution in [3.8, 4) is 0 Å². The van der Waals surface area contributed by atoms with Crippen molar-refractivity contribution in [3.63, 3.8) is 0 Å². The molecule has 0 bridgehead atoms. The molecule has 1 aromatic carbocycles. The van der Waals surface area contributed by atoms with Gasteiger partial charge < -0.3 is 10.8 Å². The Morgan fingerprint density at radius 3 is 3.00 bits per heavy atom. The highest BCUT2D eigenvalue weighted by molar-refractivity contribution is 5.80. The zero-order chi connectivity index (χ0) is 10.4. The first-order valence-electron chi connectivity index (χ1n) is 4.40. The first-order chi connectivity index (χ1) is 6.72. The van der Waals surface area contributed by atoms with Crippen molar-refractivity contribution in [1.29, 1.82) is 0 Å². The maximum absolute atomic E-state index is 8.61. The summed E-state index contributed by atoms with van der Waals surface area (Å²) in [7, 11) is 0. The van der Waals surface area contributed by atoms with Crippen LogP contribution in [0.25, 0.3) is 6.08 Å². The lowest BCUT2D eigenvalue weighted by molar-refractivity contribution is 0.343. The lowest BCUT2D eigenvalue weighted by atomic mass is 10.2. The van der Waals surface area contributed by atoms with Gasteiger partial charge in [0.2, 0.25) is 0 Å². The van der Waals surface area contributed by atoms with E-state index in [9.17, 15) is 0 Å². The fourth-order valence-corrected chi connectivity index (χ4v) is 1.09. The molecule has 0 spiro atoms. The standard InChI is InChI=1S/C11H14N2O/c1-9(12)13-11-6-2-4-10(8-11)5-3-7-14/h2-6,8,14H,7H2,1H3,(H2,12,13)/b5-3+. The summed E-state index contributed by atoms with van der Waals surface area (Å²) in [5.41, 5.74) is 7.29. The van der Waals surface area contributed by atoms with E-state index in [1.165, 1.54) is 0 Å². The Hall–Kier alpha value is -1.61. The number of aliphatic imine (C=N–C) groups is 1. The molecule has 3 N–H and O–H groups in total. The van der Waals surface area contributed by atoms with Gasteiger partial charge in [-0.25, -0.2) is 4.99 Å². The van der Waals surface area contributed by atoms with Crippen molar-refractivity contribution < 1.29 is 5.11 Å². The van der Waals surface area contributed by atoms with Gasteiger partial charge in [0.05, 0.1) is 18.1 Å². The number of nitrogens with zero attached hydrogens (tertiary/aromatic N) is 1. The van der Waals surface area contributed by atoms with Crippen LogP contribution in [0.2, 0.25) is 0 Å². The predicted octanol–water partition coefficient (Wildman–Crippen LogP) is 1.70. The van der Waals surface area contributed by atoms with Crippen LogP contribution in [-0.4, -0.2) is 17.5 Å². The molecule has 0 aliphatic rings. The van der Waals surface area contributed by atoms with Crippen LogP contribution in [0.5, 0.6) is 0 Å². The Morgan fingerprint density at radius 2 is 2.36 bits per heavy atom. The van der Waals surface area contributed by atoms with Gasteiger partial charge in [-0.2, -0.15) is 0 Å². The Morgan fingerprint density at radius 1 is 1.57 bits per heavy atom. The van der Waals surface area contributed by atoms with E-state index in [0.717, 1.165) is 11.3 Å². The second-order valence-corrected chi connectivity index (χ2v) is 2.93. The number of rotatable bonds is 3. The summed E-state index contributed by atoms with van der Waals surface area (Å²) in [5.74, 6) is 0.535. The molecule has 0 aromatic heterocycles. The normalized spacial score (nSPS) is 12.3. The highest BCUT2D eigenvalue weighted by atomic mass is 16.2. The molecule has 0 aliphatic carbocycles. The van der Waals surface area contributed by atoms with Crippen LogP contribution in [0, 0.1) is 0 Å². The van der Waals surface area contributed by atoms with Gasteiger partial charge in [0, 0.05) is 0 Å². The van der Waals surface area contributed by atoms with Gasteiger partial charge in [-0.05, 0) is 24.6 Å². The third-order valence-electron chi connectivity index (χ3n) is 1.59. The highest BCUT2D eigenvalue weighted by Gasteiger charge is 1.90. The van der Waals surface area contributed by atoms with Crippen LogP contribution in [0.1, 0.15) is 12.5 Å². The first-order valence-corrected chi connectivity index (χ1v) is 4.40. The molecule has 0 radical (unpaired) electrons. The number of amidine groups is 1. The molecule has 74 valence electrons. The first kappa shape index (κ1) is 10.5. The van der Waals surface area contributed by atoms with Gasteiger partial charge in [-0.1, -0.05) is 24.3 Å². The van der Waals surface area contributed by atoms with Crippen LogP contribution < -0.4 is 5.73 Å². The quantitative estimate of drug-likeness (QED) is 0.563. The number of hydrogen-bond acceptors (Lipinski definition) is 2. The molecular formula is C11H14N2O. The molecule has 0 saturated heterocycles. The lowest BCUT2D eigenvalue weighted by Gasteiger charge is -1.97. The number of benzene rings is 1. The van der Waals surface area contributed by atoms with Crippen molar-refractivity contribution in [2.75, 3.05) is 6.61 Å². The molecule has 0 amide bonds. The molecule has 0 unspecified atom stereocenters. The molecule has 0 saturated carbocycles. The van der Waals surface area contributed by atoms with Gasteiger partial charge in [-0.15, -0.1) is 0 Å². The van der Waals surface area contributed by atoms with E-state index >= 15 is 0 Å². The van der Waals surface area contributed by atoms with Crippen LogP contribution in [0.3, 0.4) is 0 Å². The van der Waals surface area contributed by atoms with E-state index < -0.39 is 0 Å². The van der Waals surface area contributed by atoms with Crippen molar-refractivity contribution >= 4 is 17.6 Å². The Labute approximate surface area is 83.6 Å². The number of aliphatic hydroxyl groups is 1. The SMILES string of the molecule is CC(N)=Nc1cccc(/C=C/CO)c1. The van der Waals surface area contributed by atoms with Crippen LogP contribution in [0.15, 0.2) is 35.3 Å². The van der Waals surface area contributed by atoms with Gasteiger partial charge in [0.15, 0.2) is 0 Å². The van der Waals surface area contributed by atoms with Crippen LogP contribution in [0.4, 0.5) is 5.69 Å². The molecular weight excluding hydrogens is 176 g/mol. The largest absolute Gasteiger partial charge is 0.392 e. The maximum Gasteiger partial charge on any atom is 0.0964 e. The molecule has 0 heterocycles. The third kappa shape index (κ3) is 3.41. The molecule has 1 rings (SSSR count). The number of hydrogen-bond donors (Lipinski definition) is 2. The summed E-state index contributed by atoms with van der Waals surface area (Å²) < 4.78 is 0. The zero-order valence-electron chi connectivity index (χ0n) is 8.14. The molecule has 3 nitrogen and oxygen atoms in total. The summed E-state index contributed by atoms with van der Waals surface area (Å²) in [6.07, 6.45) is 3.52. The Balaban J connectivity index is 2.89. The average Bonchev–Trinajstić information content (AvgIpc) is 2.14. The van der Waals surface area contributed by atoms with Gasteiger partial charge in [0.1, 0.15) is 0 Å². The van der Waals surface area contributed by atoms with E-state index in [1.807, 2.05) is 30.3 Å². The van der Waals surface area contributed by atoms with Crippen molar-refractivity contribution in [2.24, 2.45) is 10.7 Å². The number of nitrogens with two attached hydrogens (primary N) is 1. The van der Waals surface area contributed by atoms with Crippen molar-refractivity contribution in [3.05, 3.63) is 35.9 Å². The molecule has 1 aromatic rings. The fourth-order valence-electron chi connectivity index (χ4n) is 1.09. The minimum Gasteiger partial charge on any atom is -0.392 e. The van der Waals surface area contributed by atoms with E-state index in [1.54, 1.807) is 13.0 Å². The Bertz CT molecular complexity index is 352. The van der Waals surface area contributed by atoms with E-state index in [0.29, 0.717) is 5.84 Å². The van der Waals surface area contributed by atoms with Gasteiger partial charge in [0.25, 0.3) is 0 Å². The van der Waals surface area contributed by atoms with E-state index in [4.69, 9.17) is 10.8 Å². The second kappa shape index (κ2) is 5.19. The topological polar surface area (TPSA) is 58.6 Å². The fraction of sp³-hybridized carbons (Fsp3) is 0.182. The Kier molecular flexibility index (Phi) is 3.88. The summed E-state index contributed by atoms with van der Waals surface area (Å²) in [6.45, 7) is 1.79. The molecule has 14 heavy (non-hydrogen) atoms. The zero-order valence-corrected chi connectivity index (χ0v) is 8.14. The lowest BCUT2D eigenvalue weighted by Crippen LogP contribution is -2.03. The summed E-state index contributed by atoms with van der Waals surface area (Å²) >= 11 is 0. The minimum absolute atomic E-state index is 0.0451. The second-order valence-electron chi connectivity index (χ2n) is 2.93. The monoisotopic (exact) mass is 190 g/mol.